The zero-order chi connectivity index (χ0) is 18.5. The molecule has 0 aliphatic carbocycles. The maximum Gasteiger partial charge on any atom is 0.234 e. The summed E-state index contributed by atoms with van der Waals surface area (Å²) in [6, 6.07) is 19.3. The second kappa shape index (κ2) is 8.27. The molecule has 5 nitrogen and oxygen atoms in total. The summed E-state index contributed by atoms with van der Waals surface area (Å²) in [5, 5.41) is 4.17. The maximum absolute atomic E-state index is 12.8. The van der Waals surface area contributed by atoms with Crippen molar-refractivity contribution in [2.75, 3.05) is 13.1 Å². The molecule has 1 aromatic heterocycles. The van der Waals surface area contributed by atoms with E-state index in [0.717, 1.165) is 18.7 Å². The van der Waals surface area contributed by atoms with E-state index in [2.05, 4.69) is 15.0 Å². The summed E-state index contributed by atoms with van der Waals surface area (Å²) in [5.74, 6) is 1.04. The van der Waals surface area contributed by atoms with Crippen LogP contribution in [0.25, 0.3) is 0 Å². The average molecular weight is 361 g/mol. The Morgan fingerprint density at radius 1 is 1.00 bits per heavy atom. The first-order valence-electron chi connectivity index (χ1n) is 9.47. The van der Waals surface area contributed by atoms with Gasteiger partial charge in [0.15, 0.2) is 11.6 Å². The first-order valence-corrected chi connectivity index (χ1v) is 9.47. The normalized spacial score (nSPS) is 15.7. The molecule has 1 saturated heterocycles. The molecular weight excluding hydrogens is 338 g/mol. The zero-order valence-electron chi connectivity index (χ0n) is 15.3. The predicted octanol–water partition coefficient (Wildman–Crippen LogP) is 4.07. The fraction of sp³-hybridized carbons (Fsp3) is 0.318. The number of carbonyl (C=O) groups excluding carboxylic acids is 1. The molecule has 5 heteroatoms. The van der Waals surface area contributed by atoms with E-state index in [-0.39, 0.29) is 11.7 Å². The van der Waals surface area contributed by atoms with E-state index in [1.807, 2.05) is 60.7 Å². The highest BCUT2D eigenvalue weighted by atomic mass is 16.5. The van der Waals surface area contributed by atoms with Gasteiger partial charge < -0.3 is 4.52 Å². The molecule has 0 N–H and O–H groups in total. The van der Waals surface area contributed by atoms with Gasteiger partial charge in [0.05, 0.1) is 12.5 Å². The van der Waals surface area contributed by atoms with Crippen LogP contribution in [0.1, 0.15) is 52.8 Å². The van der Waals surface area contributed by atoms with Crippen molar-refractivity contribution < 1.29 is 9.32 Å². The summed E-state index contributed by atoms with van der Waals surface area (Å²) < 4.78 is 5.59. The summed E-state index contributed by atoms with van der Waals surface area (Å²) in [4.78, 5) is 19.7. The molecule has 3 aromatic rings. The van der Waals surface area contributed by atoms with Crippen molar-refractivity contribution in [3.63, 3.8) is 0 Å². The average Bonchev–Trinajstić information content (AvgIpc) is 3.40. The number of hydrogen-bond acceptors (Lipinski definition) is 5. The minimum atomic E-state index is -0.237. The van der Waals surface area contributed by atoms with Crippen LogP contribution in [0.2, 0.25) is 0 Å². The van der Waals surface area contributed by atoms with E-state index in [4.69, 9.17) is 4.52 Å². The molecule has 2 aromatic carbocycles. The van der Waals surface area contributed by atoms with Crippen LogP contribution in [-0.2, 0) is 6.54 Å². The van der Waals surface area contributed by atoms with Gasteiger partial charge >= 0.3 is 0 Å². The van der Waals surface area contributed by atoms with Crippen molar-refractivity contribution in [1.29, 1.82) is 0 Å². The third-order valence-corrected chi connectivity index (χ3v) is 5.03. The van der Waals surface area contributed by atoms with E-state index in [1.54, 1.807) is 0 Å². The third-order valence-electron chi connectivity index (χ3n) is 5.03. The summed E-state index contributed by atoms with van der Waals surface area (Å²) in [7, 11) is 0. The van der Waals surface area contributed by atoms with E-state index < -0.39 is 0 Å². The Labute approximate surface area is 159 Å². The van der Waals surface area contributed by atoms with Crippen molar-refractivity contribution in [3.05, 3.63) is 83.5 Å². The topological polar surface area (TPSA) is 59.2 Å². The number of Topliss-reactive ketones (excluding diaryl/α,β-unsaturated/α-hetero) is 1. The van der Waals surface area contributed by atoms with Gasteiger partial charge in [-0.15, -0.1) is 0 Å². The largest absolute Gasteiger partial charge is 0.339 e. The standard InChI is InChI=1S/C22H23N3O2/c26-20(18-11-5-2-6-12-18)15-19(17-9-3-1-4-10-17)22-23-21(24-27-22)16-25-13-7-8-14-25/h1-6,9-12,19H,7-8,13-16H2. The van der Waals surface area contributed by atoms with Gasteiger partial charge in [-0.05, 0) is 31.5 Å². The van der Waals surface area contributed by atoms with Crippen molar-refractivity contribution in [2.24, 2.45) is 0 Å². The first kappa shape index (κ1) is 17.6. The van der Waals surface area contributed by atoms with Crippen LogP contribution in [0.5, 0.6) is 0 Å². The van der Waals surface area contributed by atoms with E-state index in [9.17, 15) is 4.79 Å². The highest BCUT2D eigenvalue weighted by Gasteiger charge is 2.25. The summed E-state index contributed by atoms with van der Waals surface area (Å²) in [6.45, 7) is 2.87. The molecule has 27 heavy (non-hydrogen) atoms. The van der Waals surface area contributed by atoms with E-state index >= 15 is 0 Å². The number of carbonyl (C=O) groups is 1. The van der Waals surface area contributed by atoms with Gasteiger partial charge in [0.2, 0.25) is 5.89 Å². The summed E-state index contributed by atoms with van der Waals surface area (Å²) in [5.41, 5.74) is 1.72. The molecule has 0 amide bonds. The summed E-state index contributed by atoms with van der Waals surface area (Å²) >= 11 is 0. The number of rotatable bonds is 7. The lowest BCUT2D eigenvalue weighted by atomic mass is 9.91. The number of aromatic nitrogens is 2. The molecule has 0 radical (unpaired) electrons. The zero-order valence-corrected chi connectivity index (χ0v) is 15.3. The molecule has 2 heterocycles. The Bertz CT molecular complexity index is 871. The Balaban J connectivity index is 1.57. The number of ketones is 1. The second-order valence-corrected chi connectivity index (χ2v) is 6.99. The molecule has 1 unspecified atom stereocenters. The fourth-order valence-corrected chi connectivity index (χ4v) is 3.57. The van der Waals surface area contributed by atoms with Crippen molar-refractivity contribution in [1.82, 2.24) is 15.0 Å². The van der Waals surface area contributed by atoms with Gasteiger partial charge in [0.1, 0.15) is 0 Å². The van der Waals surface area contributed by atoms with E-state index in [1.165, 1.54) is 12.8 Å². The molecule has 4 rings (SSSR count). The fourth-order valence-electron chi connectivity index (χ4n) is 3.57. The first-order chi connectivity index (χ1) is 13.3. The molecule has 138 valence electrons. The number of hydrogen-bond donors (Lipinski definition) is 0. The lowest BCUT2D eigenvalue weighted by Gasteiger charge is -2.13. The lowest BCUT2D eigenvalue weighted by Crippen LogP contribution is -2.19. The van der Waals surface area contributed by atoms with Crippen LogP contribution < -0.4 is 0 Å². The van der Waals surface area contributed by atoms with Gasteiger partial charge in [-0.2, -0.15) is 4.98 Å². The van der Waals surface area contributed by atoms with Gasteiger partial charge in [-0.3, -0.25) is 9.69 Å². The van der Waals surface area contributed by atoms with Gasteiger partial charge in [0, 0.05) is 12.0 Å². The Morgan fingerprint density at radius 3 is 2.37 bits per heavy atom. The minimum absolute atomic E-state index is 0.0729. The van der Waals surface area contributed by atoms with Crippen LogP contribution in [0.15, 0.2) is 65.2 Å². The Hall–Kier alpha value is -2.79. The van der Waals surface area contributed by atoms with Gasteiger partial charge in [-0.25, -0.2) is 0 Å². The quantitative estimate of drug-likeness (QED) is 0.594. The minimum Gasteiger partial charge on any atom is -0.339 e. The molecule has 1 aliphatic rings. The second-order valence-electron chi connectivity index (χ2n) is 6.99. The molecule has 0 saturated carbocycles. The number of nitrogens with zero attached hydrogens (tertiary/aromatic N) is 3. The van der Waals surface area contributed by atoms with Crippen molar-refractivity contribution in [3.8, 4) is 0 Å². The number of benzene rings is 2. The SMILES string of the molecule is O=C(CC(c1ccccc1)c1nc(CN2CCCC2)no1)c1ccccc1. The van der Waals surface area contributed by atoms with Crippen molar-refractivity contribution >= 4 is 5.78 Å². The Kier molecular flexibility index (Phi) is 5.39. The van der Waals surface area contributed by atoms with E-state index in [0.29, 0.717) is 30.2 Å². The monoisotopic (exact) mass is 361 g/mol. The molecule has 0 bridgehead atoms. The Morgan fingerprint density at radius 2 is 1.67 bits per heavy atom. The van der Waals surface area contributed by atoms with Crippen LogP contribution in [0.4, 0.5) is 0 Å². The predicted molar refractivity (Wildman–Crippen MR) is 102 cm³/mol. The smallest absolute Gasteiger partial charge is 0.234 e. The van der Waals surface area contributed by atoms with Crippen molar-refractivity contribution in [2.45, 2.75) is 31.7 Å². The third kappa shape index (κ3) is 4.31. The molecule has 0 spiro atoms. The molecular formula is C22H23N3O2. The highest BCUT2D eigenvalue weighted by Crippen LogP contribution is 2.28. The maximum atomic E-state index is 12.8. The van der Waals surface area contributed by atoms with Crippen LogP contribution in [0.3, 0.4) is 0 Å². The highest BCUT2D eigenvalue weighted by molar-refractivity contribution is 5.96. The van der Waals surface area contributed by atoms with Crippen LogP contribution >= 0.6 is 0 Å². The number of likely N-dealkylation sites (tertiary alicyclic amines) is 1. The van der Waals surface area contributed by atoms with Crippen LogP contribution in [-0.4, -0.2) is 33.9 Å². The van der Waals surface area contributed by atoms with Gasteiger partial charge in [-0.1, -0.05) is 65.8 Å². The van der Waals surface area contributed by atoms with Crippen LogP contribution in [0, 0.1) is 0 Å². The molecule has 1 aliphatic heterocycles. The van der Waals surface area contributed by atoms with Gasteiger partial charge in [0.25, 0.3) is 0 Å². The lowest BCUT2D eigenvalue weighted by molar-refractivity contribution is 0.0973. The molecule has 1 fully saturated rings. The molecule has 1 atom stereocenters. The summed E-state index contributed by atoms with van der Waals surface area (Å²) in [6.07, 6.45) is 2.76.